The minimum atomic E-state index is -0.464. The van der Waals surface area contributed by atoms with Crippen LogP contribution in [0.25, 0.3) is 0 Å². The van der Waals surface area contributed by atoms with Crippen LogP contribution < -0.4 is 16.0 Å². The van der Waals surface area contributed by atoms with E-state index in [9.17, 15) is 9.59 Å². The van der Waals surface area contributed by atoms with Gasteiger partial charge in [-0.05, 0) is 13.0 Å². The number of anilines is 1. The van der Waals surface area contributed by atoms with Crippen molar-refractivity contribution in [3.8, 4) is 0 Å². The number of carbonyl (C=O) groups excluding carboxylic acids is 2. The maximum absolute atomic E-state index is 11.9. The molecule has 0 fully saturated rings. The molecule has 9 heteroatoms. The van der Waals surface area contributed by atoms with E-state index < -0.39 is 5.41 Å². The van der Waals surface area contributed by atoms with Gasteiger partial charge in [-0.3, -0.25) is 9.59 Å². The van der Waals surface area contributed by atoms with Crippen LogP contribution in [0.15, 0.2) is 5.38 Å². The number of halogens is 2. The van der Waals surface area contributed by atoms with E-state index in [2.05, 4.69) is 27.9 Å². The Hall–Kier alpha value is -0.890. The monoisotopic (exact) mass is 398 g/mol. The SMILES string of the molecule is CCCNCCNC(=O)Cc1csc(NC(=O)C(C)(C)C)n1.Cl.Cl. The zero-order valence-electron chi connectivity index (χ0n) is 14.6. The Morgan fingerprint density at radius 1 is 1.17 bits per heavy atom. The van der Waals surface area contributed by atoms with Crippen molar-refractivity contribution in [2.24, 2.45) is 5.41 Å². The topological polar surface area (TPSA) is 83.1 Å². The summed E-state index contributed by atoms with van der Waals surface area (Å²) < 4.78 is 0. The fourth-order valence-electron chi connectivity index (χ4n) is 1.55. The molecule has 0 atom stereocenters. The Bertz CT molecular complexity index is 504. The molecule has 0 aliphatic rings. The van der Waals surface area contributed by atoms with E-state index in [1.165, 1.54) is 11.3 Å². The molecule has 0 radical (unpaired) electrons. The zero-order chi connectivity index (χ0) is 16.6. The number of hydrogen-bond acceptors (Lipinski definition) is 5. The molecule has 0 bridgehead atoms. The summed E-state index contributed by atoms with van der Waals surface area (Å²) in [4.78, 5) is 27.9. The molecule has 6 nitrogen and oxygen atoms in total. The number of thiazole rings is 1. The summed E-state index contributed by atoms with van der Waals surface area (Å²) in [5.74, 6) is -0.142. The van der Waals surface area contributed by atoms with Crippen LogP contribution in [0.5, 0.6) is 0 Å². The fourth-order valence-corrected chi connectivity index (χ4v) is 2.25. The molecule has 3 N–H and O–H groups in total. The molecule has 140 valence electrons. The third kappa shape index (κ3) is 10.1. The van der Waals surface area contributed by atoms with Crippen LogP contribution in [0.3, 0.4) is 0 Å². The van der Waals surface area contributed by atoms with Gasteiger partial charge in [-0.25, -0.2) is 4.98 Å². The molecule has 24 heavy (non-hydrogen) atoms. The van der Waals surface area contributed by atoms with Gasteiger partial charge in [-0.2, -0.15) is 0 Å². The van der Waals surface area contributed by atoms with Gasteiger partial charge in [-0.1, -0.05) is 27.7 Å². The second-order valence-corrected chi connectivity index (χ2v) is 6.98. The molecule has 0 aliphatic carbocycles. The third-order valence-corrected chi connectivity index (χ3v) is 3.65. The highest BCUT2D eigenvalue weighted by atomic mass is 35.5. The first-order valence-electron chi connectivity index (χ1n) is 7.56. The normalized spacial score (nSPS) is 10.3. The standard InChI is InChI=1S/C15H26N4O2S.2ClH/c1-5-6-16-7-8-17-12(20)9-11-10-22-14(18-11)19-13(21)15(2,3)4;;/h10,16H,5-9H2,1-4H3,(H,17,20)(H,18,19,21);2*1H. The summed E-state index contributed by atoms with van der Waals surface area (Å²) in [6.07, 6.45) is 1.31. The van der Waals surface area contributed by atoms with Crippen molar-refractivity contribution >= 4 is 53.1 Å². The summed E-state index contributed by atoms with van der Waals surface area (Å²) >= 11 is 1.34. The lowest BCUT2D eigenvalue weighted by Crippen LogP contribution is -2.33. The molecule has 2 amide bonds. The smallest absolute Gasteiger partial charge is 0.231 e. The Morgan fingerprint density at radius 3 is 2.42 bits per heavy atom. The van der Waals surface area contributed by atoms with Crippen LogP contribution >= 0.6 is 36.2 Å². The summed E-state index contributed by atoms with van der Waals surface area (Å²) in [5, 5.41) is 11.2. The number of aromatic nitrogens is 1. The van der Waals surface area contributed by atoms with Gasteiger partial charge in [0, 0.05) is 23.9 Å². The number of rotatable bonds is 8. The average molecular weight is 399 g/mol. The first-order valence-corrected chi connectivity index (χ1v) is 8.44. The lowest BCUT2D eigenvalue weighted by Gasteiger charge is -2.15. The van der Waals surface area contributed by atoms with E-state index in [-0.39, 0.29) is 43.0 Å². The van der Waals surface area contributed by atoms with Gasteiger partial charge in [0.05, 0.1) is 12.1 Å². The van der Waals surface area contributed by atoms with Gasteiger partial charge < -0.3 is 16.0 Å². The van der Waals surface area contributed by atoms with Gasteiger partial charge in [0.1, 0.15) is 0 Å². The summed E-state index contributed by atoms with van der Waals surface area (Å²) in [7, 11) is 0. The number of nitrogens with one attached hydrogen (secondary N) is 3. The molecule has 1 rings (SSSR count). The van der Waals surface area contributed by atoms with Crippen molar-refractivity contribution in [1.29, 1.82) is 0 Å². The third-order valence-electron chi connectivity index (χ3n) is 2.85. The molecule has 1 heterocycles. The molecule has 0 unspecified atom stereocenters. The molecule has 0 spiro atoms. The maximum atomic E-state index is 11.9. The largest absolute Gasteiger partial charge is 0.354 e. The van der Waals surface area contributed by atoms with Crippen LogP contribution in [-0.4, -0.2) is 36.4 Å². The molecule has 0 aliphatic heterocycles. The minimum absolute atomic E-state index is 0. The highest BCUT2D eigenvalue weighted by molar-refractivity contribution is 7.13. The predicted octanol–water partition coefficient (Wildman–Crippen LogP) is 2.63. The average Bonchev–Trinajstić information content (AvgIpc) is 2.84. The van der Waals surface area contributed by atoms with Crippen LogP contribution in [0, 0.1) is 5.41 Å². The van der Waals surface area contributed by atoms with Gasteiger partial charge in [0.15, 0.2) is 5.13 Å². The fraction of sp³-hybridized carbons (Fsp3) is 0.667. The van der Waals surface area contributed by atoms with Crippen molar-refractivity contribution in [2.45, 2.75) is 40.5 Å². The molecule has 1 aromatic heterocycles. The van der Waals surface area contributed by atoms with E-state index in [1.807, 2.05) is 20.8 Å². The van der Waals surface area contributed by atoms with E-state index in [1.54, 1.807) is 5.38 Å². The van der Waals surface area contributed by atoms with Crippen molar-refractivity contribution in [2.75, 3.05) is 25.0 Å². The number of nitrogens with zero attached hydrogens (tertiary/aromatic N) is 1. The van der Waals surface area contributed by atoms with Crippen molar-refractivity contribution in [1.82, 2.24) is 15.6 Å². The number of carbonyl (C=O) groups is 2. The number of hydrogen-bond donors (Lipinski definition) is 3. The first-order chi connectivity index (χ1) is 10.3. The van der Waals surface area contributed by atoms with Crippen LogP contribution in [0.2, 0.25) is 0 Å². The summed E-state index contributed by atoms with van der Waals surface area (Å²) in [5.41, 5.74) is 0.211. The van der Waals surface area contributed by atoms with E-state index in [4.69, 9.17) is 0 Å². The van der Waals surface area contributed by atoms with E-state index in [0.717, 1.165) is 19.5 Å². The van der Waals surface area contributed by atoms with E-state index >= 15 is 0 Å². The van der Waals surface area contributed by atoms with Gasteiger partial charge in [0.2, 0.25) is 11.8 Å². The Balaban J connectivity index is 0. The minimum Gasteiger partial charge on any atom is -0.354 e. The predicted molar refractivity (Wildman–Crippen MR) is 105 cm³/mol. The quantitative estimate of drug-likeness (QED) is 0.587. The molecule has 0 saturated carbocycles. The lowest BCUT2D eigenvalue weighted by atomic mass is 9.96. The lowest BCUT2D eigenvalue weighted by molar-refractivity contribution is -0.123. The van der Waals surface area contributed by atoms with Gasteiger partial charge >= 0.3 is 0 Å². The summed E-state index contributed by atoms with van der Waals surface area (Å²) in [6, 6.07) is 0. The van der Waals surface area contributed by atoms with Crippen LogP contribution in [0.4, 0.5) is 5.13 Å². The van der Waals surface area contributed by atoms with E-state index in [0.29, 0.717) is 17.4 Å². The summed E-state index contributed by atoms with van der Waals surface area (Å²) in [6.45, 7) is 9.97. The molecular weight excluding hydrogens is 371 g/mol. The Labute approximate surface area is 160 Å². The Kier molecular flexibility index (Phi) is 13.2. The zero-order valence-corrected chi connectivity index (χ0v) is 17.1. The van der Waals surface area contributed by atoms with Gasteiger partial charge in [-0.15, -0.1) is 36.2 Å². The first kappa shape index (κ1) is 25.4. The van der Waals surface area contributed by atoms with Crippen molar-refractivity contribution in [3.05, 3.63) is 11.1 Å². The van der Waals surface area contributed by atoms with Gasteiger partial charge in [0.25, 0.3) is 0 Å². The molecule has 0 saturated heterocycles. The second kappa shape index (κ2) is 12.5. The molecule has 0 aromatic carbocycles. The maximum Gasteiger partial charge on any atom is 0.231 e. The number of amides is 2. The highest BCUT2D eigenvalue weighted by Crippen LogP contribution is 2.20. The Morgan fingerprint density at radius 2 is 1.83 bits per heavy atom. The van der Waals surface area contributed by atoms with Crippen LogP contribution in [0.1, 0.15) is 39.8 Å². The molecular formula is C15H28Cl2N4O2S. The van der Waals surface area contributed by atoms with Crippen LogP contribution in [-0.2, 0) is 16.0 Å². The van der Waals surface area contributed by atoms with Crippen molar-refractivity contribution < 1.29 is 9.59 Å². The van der Waals surface area contributed by atoms with Crippen molar-refractivity contribution in [3.63, 3.8) is 0 Å². The molecule has 1 aromatic rings. The highest BCUT2D eigenvalue weighted by Gasteiger charge is 2.22. The second-order valence-electron chi connectivity index (χ2n) is 6.12.